The van der Waals surface area contributed by atoms with Crippen molar-refractivity contribution in [3.05, 3.63) is 88.9 Å². The van der Waals surface area contributed by atoms with Gasteiger partial charge in [0.15, 0.2) is 0 Å². The molecule has 6 heteroatoms. The van der Waals surface area contributed by atoms with Crippen molar-refractivity contribution >= 4 is 33.2 Å². The van der Waals surface area contributed by atoms with E-state index in [2.05, 4.69) is 28.1 Å². The number of para-hydroxylation sites is 1. The largest absolute Gasteiger partial charge is 0.431 e. The maximum absolute atomic E-state index is 11.0. The normalized spacial score (nSPS) is 16.3. The summed E-state index contributed by atoms with van der Waals surface area (Å²) in [6, 6.07) is 23.9. The molecule has 0 amide bonds. The SMILES string of the molecule is OC1(c2ccc(Cl)cc2)CCN(CCc2ccc(Oc3nc4ccccc4s3)cc2)CC1. The van der Waals surface area contributed by atoms with Crippen LogP contribution in [0, 0.1) is 0 Å². The van der Waals surface area contributed by atoms with Gasteiger partial charge in [0.25, 0.3) is 5.19 Å². The Morgan fingerprint density at radius 3 is 2.41 bits per heavy atom. The zero-order chi connectivity index (χ0) is 22.0. The Morgan fingerprint density at radius 2 is 1.69 bits per heavy atom. The molecule has 1 fully saturated rings. The van der Waals surface area contributed by atoms with Crippen LogP contribution in [0.2, 0.25) is 5.02 Å². The number of hydrogen-bond donors (Lipinski definition) is 1. The molecule has 0 radical (unpaired) electrons. The van der Waals surface area contributed by atoms with Crippen LogP contribution >= 0.6 is 22.9 Å². The molecule has 1 N–H and O–H groups in total. The monoisotopic (exact) mass is 464 g/mol. The quantitative estimate of drug-likeness (QED) is 0.365. The van der Waals surface area contributed by atoms with Crippen molar-refractivity contribution in [2.24, 2.45) is 0 Å². The van der Waals surface area contributed by atoms with E-state index in [4.69, 9.17) is 16.3 Å². The molecule has 0 bridgehead atoms. The van der Waals surface area contributed by atoms with Crippen LogP contribution in [-0.4, -0.2) is 34.6 Å². The van der Waals surface area contributed by atoms with Crippen molar-refractivity contribution < 1.29 is 9.84 Å². The fraction of sp³-hybridized carbons (Fsp3) is 0.269. The van der Waals surface area contributed by atoms with Crippen LogP contribution in [0.4, 0.5) is 0 Å². The number of hydrogen-bond acceptors (Lipinski definition) is 5. The van der Waals surface area contributed by atoms with Crippen LogP contribution in [0.3, 0.4) is 0 Å². The number of benzene rings is 3. The number of nitrogens with zero attached hydrogens (tertiary/aromatic N) is 2. The molecule has 0 unspecified atom stereocenters. The van der Waals surface area contributed by atoms with Gasteiger partial charge in [-0.05, 0) is 66.8 Å². The molecule has 164 valence electrons. The van der Waals surface area contributed by atoms with Crippen molar-refractivity contribution in [1.82, 2.24) is 9.88 Å². The molecule has 0 atom stereocenters. The molecule has 5 rings (SSSR count). The smallest absolute Gasteiger partial charge is 0.279 e. The van der Waals surface area contributed by atoms with Gasteiger partial charge >= 0.3 is 0 Å². The molecule has 4 nitrogen and oxygen atoms in total. The number of rotatable bonds is 6. The fourth-order valence-corrected chi connectivity index (χ4v) is 5.16. The standard InChI is InChI=1S/C26H25ClN2O2S/c27-21-9-7-20(8-10-21)26(30)14-17-29(18-15-26)16-13-19-5-11-22(12-6-19)31-25-28-23-3-1-2-4-24(23)32-25/h1-12,30H,13-18H2. The lowest BCUT2D eigenvalue weighted by Gasteiger charge is -2.38. The van der Waals surface area contributed by atoms with Crippen molar-refractivity contribution in [2.45, 2.75) is 24.9 Å². The third-order valence-electron chi connectivity index (χ3n) is 6.18. The Kier molecular flexibility index (Phi) is 6.15. The molecule has 0 aliphatic carbocycles. The highest BCUT2D eigenvalue weighted by molar-refractivity contribution is 7.20. The fourth-order valence-electron chi connectivity index (χ4n) is 4.20. The second-order valence-electron chi connectivity index (χ2n) is 8.32. The maximum Gasteiger partial charge on any atom is 0.279 e. The Morgan fingerprint density at radius 1 is 0.969 bits per heavy atom. The van der Waals surface area contributed by atoms with Gasteiger partial charge in [-0.2, -0.15) is 0 Å². The summed E-state index contributed by atoms with van der Waals surface area (Å²) in [5.41, 5.74) is 2.46. The minimum absolute atomic E-state index is 0.667. The second kappa shape index (κ2) is 9.20. The van der Waals surface area contributed by atoms with Gasteiger partial charge in [-0.3, -0.25) is 0 Å². The summed E-state index contributed by atoms with van der Waals surface area (Å²) < 4.78 is 7.07. The molecular weight excluding hydrogens is 440 g/mol. The van der Waals surface area contributed by atoms with E-state index >= 15 is 0 Å². The Labute approximate surface area is 197 Å². The number of thiazole rings is 1. The van der Waals surface area contributed by atoms with Gasteiger partial charge in [0.1, 0.15) is 5.75 Å². The minimum atomic E-state index is -0.749. The zero-order valence-electron chi connectivity index (χ0n) is 17.7. The molecule has 3 aromatic carbocycles. The highest BCUT2D eigenvalue weighted by Crippen LogP contribution is 2.34. The van der Waals surface area contributed by atoms with E-state index in [-0.39, 0.29) is 0 Å². The molecule has 32 heavy (non-hydrogen) atoms. The third kappa shape index (κ3) is 4.81. The third-order valence-corrected chi connectivity index (χ3v) is 7.35. The average molecular weight is 465 g/mol. The maximum atomic E-state index is 11.0. The van der Waals surface area contributed by atoms with E-state index in [1.54, 1.807) is 11.3 Å². The molecule has 1 aromatic heterocycles. The summed E-state index contributed by atoms with van der Waals surface area (Å²) in [6.07, 6.45) is 2.45. The molecule has 4 aromatic rings. The van der Waals surface area contributed by atoms with Gasteiger partial charge in [0.05, 0.1) is 15.8 Å². The number of likely N-dealkylation sites (tertiary alicyclic amines) is 1. The number of halogens is 1. The van der Waals surface area contributed by atoms with Gasteiger partial charge in [0, 0.05) is 24.7 Å². The van der Waals surface area contributed by atoms with Crippen LogP contribution in [0.15, 0.2) is 72.8 Å². The van der Waals surface area contributed by atoms with E-state index in [1.165, 1.54) is 5.56 Å². The number of fused-ring (bicyclic) bond motifs is 1. The molecule has 1 aliphatic heterocycles. The number of ether oxygens (including phenoxy) is 1. The first-order valence-electron chi connectivity index (χ1n) is 10.9. The van der Waals surface area contributed by atoms with E-state index in [9.17, 15) is 5.11 Å². The summed E-state index contributed by atoms with van der Waals surface area (Å²) in [4.78, 5) is 6.95. The molecular formula is C26H25ClN2O2S. The molecule has 0 saturated carbocycles. The van der Waals surface area contributed by atoms with E-state index in [0.717, 1.165) is 60.4 Å². The van der Waals surface area contributed by atoms with Crippen LogP contribution in [0.25, 0.3) is 10.2 Å². The second-order valence-corrected chi connectivity index (χ2v) is 9.75. The summed E-state index contributed by atoms with van der Waals surface area (Å²) in [7, 11) is 0. The predicted molar refractivity (Wildman–Crippen MR) is 131 cm³/mol. The van der Waals surface area contributed by atoms with Gasteiger partial charge in [-0.1, -0.05) is 59.3 Å². The Bertz CT molecular complexity index is 1150. The number of piperidine rings is 1. The highest BCUT2D eigenvalue weighted by atomic mass is 35.5. The number of aliphatic hydroxyl groups is 1. The van der Waals surface area contributed by atoms with Crippen LogP contribution in [0.1, 0.15) is 24.0 Å². The number of aromatic nitrogens is 1. The minimum Gasteiger partial charge on any atom is -0.431 e. The molecule has 1 saturated heterocycles. The van der Waals surface area contributed by atoms with Crippen molar-refractivity contribution in [2.75, 3.05) is 19.6 Å². The predicted octanol–water partition coefficient (Wildman–Crippen LogP) is 6.27. The topological polar surface area (TPSA) is 45.6 Å². The molecule has 1 aliphatic rings. The molecule has 2 heterocycles. The Hall–Kier alpha value is -2.44. The van der Waals surface area contributed by atoms with E-state index < -0.39 is 5.60 Å². The van der Waals surface area contributed by atoms with Gasteiger partial charge in [-0.25, -0.2) is 4.98 Å². The highest BCUT2D eigenvalue weighted by Gasteiger charge is 2.33. The van der Waals surface area contributed by atoms with E-state index in [1.807, 2.05) is 54.6 Å². The van der Waals surface area contributed by atoms with Crippen LogP contribution in [-0.2, 0) is 12.0 Å². The van der Waals surface area contributed by atoms with Crippen LogP contribution < -0.4 is 4.74 Å². The van der Waals surface area contributed by atoms with E-state index in [0.29, 0.717) is 10.2 Å². The summed E-state index contributed by atoms with van der Waals surface area (Å²) in [6.45, 7) is 2.75. The summed E-state index contributed by atoms with van der Waals surface area (Å²) in [5, 5.41) is 12.4. The average Bonchev–Trinajstić information content (AvgIpc) is 3.22. The molecule has 0 spiro atoms. The van der Waals surface area contributed by atoms with Crippen LogP contribution in [0.5, 0.6) is 10.9 Å². The summed E-state index contributed by atoms with van der Waals surface area (Å²) in [5.74, 6) is 0.804. The van der Waals surface area contributed by atoms with Gasteiger partial charge in [0.2, 0.25) is 0 Å². The lowest BCUT2D eigenvalue weighted by molar-refractivity contribution is -0.0255. The first kappa shape index (κ1) is 21.4. The summed E-state index contributed by atoms with van der Waals surface area (Å²) >= 11 is 7.54. The first-order chi connectivity index (χ1) is 15.6. The van der Waals surface area contributed by atoms with Gasteiger partial charge in [-0.15, -0.1) is 0 Å². The lowest BCUT2D eigenvalue weighted by Crippen LogP contribution is -2.43. The van der Waals surface area contributed by atoms with Gasteiger partial charge < -0.3 is 14.7 Å². The Balaban J connectivity index is 1.13. The van der Waals surface area contributed by atoms with Crippen molar-refractivity contribution in [3.8, 4) is 10.9 Å². The lowest BCUT2D eigenvalue weighted by atomic mass is 9.84. The first-order valence-corrected chi connectivity index (χ1v) is 12.1. The van der Waals surface area contributed by atoms with Crippen molar-refractivity contribution in [1.29, 1.82) is 0 Å². The zero-order valence-corrected chi connectivity index (χ0v) is 19.3. The van der Waals surface area contributed by atoms with Crippen molar-refractivity contribution in [3.63, 3.8) is 0 Å².